The molecule has 2 aromatic carbocycles. The summed E-state index contributed by atoms with van der Waals surface area (Å²) < 4.78 is 6.05. The molecule has 3 amide bonds. The van der Waals surface area contributed by atoms with Crippen molar-refractivity contribution in [2.75, 3.05) is 26.2 Å². The summed E-state index contributed by atoms with van der Waals surface area (Å²) in [5.74, 6) is -0.543. The summed E-state index contributed by atoms with van der Waals surface area (Å²) in [5, 5.41) is 6.34. The summed E-state index contributed by atoms with van der Waals surface area (Å²) in [6.45, 7) is 2.44. The van der Waals surface area contributed by atoms with Crippen molar-refractivity contribution in [1.82, 2.24) is 25.5 Å². The van der Waals surface area contributed by atoms with Gasteiger partial charge in [-0.25, -0.2) is 9.97 Å². The van der Waals surface area contributed by atoms with E-state index in [4.69, 9.17) is 16.3 Å². The monoisotopic (exact) mass is 535 g/mol. The zero-order valence-electron chi connectivity index (χ0n) is 21.2. The van der Waals surface area contributed by atoms with Crippen molar-refractivity contribution in [3.8, 4) is 5.75 Å². The minimum atomic E-state index is -0.416. The predicted molar refractivity (Wildman–Crippen MR) is 143 cm³/mol. The van der Waals surface area contributed by atoms with E-state index in [0.717, 1.165) is 5.56 Å². The molecule has 1 aliphatic heterocycles. The van der Waals surface area contributed by atoms with E-state index in [1.54, 1.807) is 25.1 Å². The van der Waals surface area contributed by atoms with Crippen LogP contribution < -0.4 is 15.4 Å². The Kier molecular flexibility index (Phi) is 9.26. The molecule has 0 fully saturated rings. The number of amides is 3. The first-order valence-corrected chi connectivity index (χ1v) is 12.9. The Morgan fingerprint density at radius 2 is 1.97 bits per heavy atom. The lowest BCUT2D eigenvalue weighted by atomic mass is 10.1. The third kappa shape index (κ3) is 7.29. The molecule has 1 aliphatic rings. The quantitative estimate of drug-likeness (QED) is 0.532. The standard InChI is InChI=1S/C28H30ClN5O4/c1-19-24(15-30-18-32-19)28(37)34-12-6-5-11-31-27(36)23-14-21(29)9-10-25(23)38-17-22(33-26(35)16-34)13-20-7-3-2-4-8-20/h2-4,7-10,14-15,18,22H,5-6,11-13,16-17H2,1H3,(H,31,36)(H,33,35)/t22-/m1/s1. The Hall–Kier alpha value is -3.98. The summed E-state index contributed by atoms with van der Waals surface area (Å²) in [4.78, 5) is 49.0. The number of aromatic nitrogens is 2. The number of nitrogens with one attached hydrogen (secondary N) is 2. The Morgan fingerprint density at radius 3 is 2.76 bits per heavy atom. The zero-order chi connectivity index (χ0) is 26.9. The van der Waals surface area contributed by atoms with Gasteiger partial charge in [0.2, 0.25) is 5.91 Å². The lowest BCUT2D eigenvalue weighted by molar-refractivity contribution is -0.122. The normalized spacial score (nSPS) is 17.2. The minimum Gasteiger partial charge on any atom is -0.491 e. The summed E-state index contributed by atoms with van der Waals surface area (Å²) in [5.41, 5.74) is 2.23. The number of nitrogens with zero attached hydrogens (tertiary/aromatic N) is 3. The van der Waals surface area contributed by atoms with Crippen LogP contribution in [0.1, 0.15) is 44.8 Å². The van der Waals surface area contributed by atoms with Gasteiger partial charge in [0.1, 0.15) is 18.7 Å². The molecule has 0 radical (unpaired) electrons. The molecule has 0 saturated carbocycles. The average Bonchev–Trinajstić information content (AvgIpc) is 2.91. The molecule has 1 aromatic heterocycles. The van der Waals surface area contributed by atoms with Gasteiger partial charge in [-0.2, -0.15) is 0 Å². The van der Waals surface area contributed by atoms with Crippen LogP contribution in [0.5, 0.6) is 5.75 Å². The van der Waals surface area contributed by atoms with E-state index in [1.165, 1.54) is 17.4 Å². The van der Waals surface area contributed by atoms with Gasteiger partial charge in [0.15, 0.2) is 0 Å². The van der Waals surface area contributed by atoms with Gasteiger partial charge in [-0.3, -0.25) is 14.4 Å². The summed E-state index contributed by atoms with van der Waals surface area (Å²) in [7, 11) is 0. The highest BCUT2D eigenvalue weighted by atomic mass is 35.5. The Morgan fingerprint density at radius 1 is 1.16 bits per heavy atom. The Balaban J connectivity index is 1.59. The number of ether oxygens (including phenoxy) is 1. The maximum absolute atomic E-state index is 13.3. The second kappa shape index (κ2) is 13.0. The molecule has 3 aromatic rings. The van der Waals surface area contributed by atoms with E-state index in [9.17, 15) is 14.4 Å². The van der Waals surface area contributed by atoms with Crippen LogP contribution in [-0.4, -0.2) is 64.9 Å². The molecule has 2 heterocycles. The van der Waals surface area contributed by atoms with E-state index in [0.29, 0.717) is 59.9 Å². The van der Waals surface area contributed by atoms with Gasteiger partial charge in [-0.1, -0.05) is 41.9 Å². The lowest BCUT2D eigenvalue weighted by Gasteiger charge is -2.25. The largest absolute Gasteiger partial charge is 0.491 e. The van der Waals surface area contributed by atoms with Gasteiger partial charge in [-0.15, -0.1) is 0 Å². The first kappa shape index (κ1) is 27.1. The molecule has 0 spiro atoms. The molecule has 38 heavy (non-hydrogen) atoms. The molecular weight excluding hydrogens is 506 g/mol. The molecule has 0 unspecified atom stereocenters. The van der Waals surface area contributed by atoms with Gasteiger partial charge in [0, 0.05) is 24.3 Å². The first-order valence-electron chi connectivity index (χ1n) is 12.5. The number of benzene rings is 2. The van der Waals surface area contributed by atoms with Gasteiger partial charge >= 0.3 is 0 Å². The zero-order valence-corrected chi connectivity index (χ0v) is 21.9. The number of hydrogen-bond acceptors (Lipinski definition) is 6. The molecule has 0 bridgehead atoms. The third-order valence-electron chi connectivity index (χ3n) is 6.22. The van der Waals surface area contributed by atoms with Crippen LogP contribution in [0.25, 0.3) is 0 Å². The third-order valence-corrected chi connectivity index (χ3v) is 6.46. The van der Waals surface area contributed by atoms with Gasteiger partial charge in [0.25, 0.3) is 11.8 Å². The molecule has 1 atom stereocenters. The van der Waals surface area contributed by atoms with E-state index in [2.05, 4.69) is 20.6 Å². The second-order valence-corrected chi connectivity index (χ2v) is 9.55. The fourth-order valence-electron chi connectivity index (χ4n) is 4.24. The van der Waals surface area contributed by atoms with Crippen molar-refractivity contribution < 1.29 is 19.1 Å². The smallest absolute Gasteiger partial charge is 0.257 e. The van der Waals surface area contributed by atoms with Crippen molar-refractivity contribution in [2.24, 2.45) is 0 Å². The highest BCUT2D eigenvalue weighted by molar-refractivity contribution is 6.31. The number of carbonyl (C=O) groups is 3. The number of fused-ring (bicyclic) bond motifs is 1. The fourth-order valence-corrected chi connectivity index (χ4v) is 4.41. The SMILES string of the molecule is Cc1ncncc1C(=O)N1CCCCNC(=O)c2cc(Cl)ccc2OC[C@@H](Cc2ccccc2)NC(=O)C1. The number of hydrogen-bond donors (Lipinski definition) is 2. The molecular formula is C28H30ClN5O4. The van der Waals surface area contributed by atoms with Crippen molar-refractivity contribution in [3.05, 3.63) is 88.5 Å². The van der Waals surface area contributed by atoms with Gasteiger partial charge in [-0.05, 0) is 49.9 Å². The highest BCUT2D eigenvalue weighted by Crippen LogP contribution is 2.23. The molecule has 0 saturated heterocycles. The van der Waals surface area contributed by atoms with Crippen molar-refractivity contribution >= 4 is 29.3 Å². The molecule has 198 valence electrons. The van der Waals surface area contributed by atoms with Crippen molar-refractivity contribution in [1.29, 1.82) is 0 Å². The maximum Gasteiger partial charge on any atom is 0.257 e. The van der Waals surface area contributed by atoms with Gasteiger partial charge in [0.05, 0.1) is 29.4 Å². The molecule has 2 N–H and O–H groups in total. The van der Waals surface area contributed by atoms with E-state index < -0.39 is 6.04 Å². The highest BCUT2D eigenvalue weighted by Gasteiger charge is 2.24. The maximum atomic E-state index is 13.3. The average molecular weight is 536 g/mol. The van der Waals surface area contributed by atoms with E-state index in [1.807, 2.05) is 30.3 Å². The molecule has 4 rings (SSSR count). The van der Waals surface area contributed by atoms with Crippen LogP contribution in [0, 0.1) is 6.92 Å². The van der Waals surface area contributed by atoms with E-state index >= 15 is 0 Å². The van der Waals surface area contributed by atoms with Crippen LogP contribution in [0.3, 0.4) is 0 Å². The van der Waals surface area contributed by atoms with Crippen LogP contribution >= 0.6 is 11.6 Å². The number of rotatable bonds is 3. The van der Waals surface area contributed by atoms with Crippen LogP contribution in [-0.2, 0) is 11.2 Å². The summed E-state index contributed by atoms with van der Waals surface area (Å²) >= 11 is 6.16. The Bertz CT molecular complexity index is 1290. The van der Waals surface area contributed by atoms with Crippen LogP contribution in [0.2, 0.25) is 5.02 Å². The number of aryl methyl sites for hydroxylation is 1. The molecule has 0 aliphatic carbocycles. The van der Waals surface area contributed by atoms with Crippen LogP contribution in [0.15, 0.2) is 61.1 Å². The van der Waals surface area contributed by atoms with E-state index in [-0.39, 0.29) is 30.9 Å². The number of carbonyl (C=O) groups excluding carboxylic acids is 3. The molecule has 9 nitrogen and oxygen atoms in total. The number of halogens is 1. The lowest BCUT2D eigenvalue weighted by Crippen LogP contribution is -2.47. The summed E-state index contributed by atoms with van der Waals surface area (Å²) in [6, 6.07) is 14.2. The fraction of sp³-hybridized carbons (Fsp3) is 0.321. The predicted octanol–water partition coefficient (Wildman–Crippen LogP) is 3.21. The first-order chi connectivity index (χ1) is 18.4. The minimum absolute atomic E-state index is 0.113. The molecule has 10 heteroatoms. The topological polar surface area (TPSA) is 114 Å². The summed E-state index contributed by atoms with van der Waals surface area (Å²) in [6.07, 6.45) is 4.54. The second-order valence-electron chi connectivity index (χ2n) is 9.12. The van der Waals surface area contributed by atoms with Crippen molar-refractivity contribution in [3.63, 3.8) is 0 Å². The van der Waals surface area contributed by atoms with Crippen LogP contribution in [0.4, 0.5) is 0 Å². The van der Waals surface area contributed by atoms with Crippen molar-refractivity contribution in [2.45, 2.75) is 32.2 Å². The van der Waals surface area contributed by atoms with Gasteiger partial charge < -0.3 is 20.3 Å². The Labute approximate surface area is 226 Å².